The predicted octanol–water partition coefficient (Wildman–Crippen LogP) is 1.30. The molecule has 1 aliphatic rings. The lowest BCUT2D eigenvalue weighted by Crippen LogP contribution is -2.37. The molecule has 0 spiro atoms. The third-order valence-electron chi connectivity index (χ3n) is 4.17. The number of hydrogen-bond donors (Lipinski definition) is 5. The average Bonchev–Trinajstić information content (AvgIpc) is 3.40. The van der Waals surface area contributed by atoms with E-state index in [0.29, 0.717) is 24.7 Å². The van der Waals surface area contributed by atoms with Crippen molar-refractivity contribution in [1.29, 1.82) is 0 Å². The summed E-state index contributed by atoms with van der Waals surface area (Å²) in [6.07, 6.45) is 4.12. The van der Waals surface area contributed by atoms with Crippen LogP contribution in [0.4, 0.5) is 0 Å². The monoisotopic (exact) mass is 355 g/mol. The van der Waals surface area contributed by atoms with E-state index in [9.17, 15) is 4.79 Å². The van der Waals surface area contributed by atoms with Crippen LogP contribution in [-0.2, 0) is 0 Å². The molecule has 1 amide bonds. The summed E-state index contributed by atoms with van der Waals surface area (Å²) in [5.74, 6) is 6.89. The maximum atomic E-state index is 12.3. The molecular weight excluding hydrogens is 326 g/mol. The third-order valence-corrected chi connectivity index (χ3v) is 4.17. The number of hydrogen-bond acceptors (Lipinski definition) is 4. The summed E-state index contributed by atoms with van der Waals surface area (Å²) < 4.78 is 0. The third kappa shape index (κ3) is 5.88. The number of rotatable bonds is 6. The van der Waals surface area contributed by atoms with Crippen LogP contribution in [0.3, 0.4) is 0 Å². The lowest BCUT2D eigenvalue weighted by molar-refractivity contribution is 0.0946. The van der Waals surface area contributed by atoms with Crippen LogP contribution in [0, 0.1) is 17.8 Å². The Balaban J connectivity index is 0.00000117. The second-order valence-corrected chi connectivity index (χ2v) is 6.43. The lowest BCUT2D eigenvalue weighted by Gasteiger charge is -2.11. The highest BCUT2D eigenvalue weighted by Gasteiger charge is 2.17. The van der Waals surface area contributed by atoms with E-state index in [1.54, 1.807) is 0 Å². The summed E-state index contributed by atoms with van der Waals surface area (Å²) in [5, 5.41) is 3.87. The fourth-order valence-corrected chi connectivity index (χ4v) is 2.54. The van der Waals surface area contributed by atoms with Gasteiger partial charge in [-0.2, -0.15) is 0 Å². The van der Waals surface area contributed by atoms with Crippen LogP contribution in [0.25, 0.3) is 10.9 Å². The van der Waals surface area contributed by atoms with E-state index >= 15 is 0 Å². The van der Waals surface area contributed by atoms with Crippen LogP contribution in [0.1, 0.15) is 41.7 Å². The molecule has 1 fully saturated rings. The van der Waals surface area contributed by atoms with Crippen molar-refractivity contribution >= 4 is 16.8 Å². The van der Waals surface area contributed by atoms with Crippen LogP contribution in [0.15, 0.2) is 24.3 Å². The number of amides is 1. The Kier molecular flexibility index (Phi) is 7.67. The summed E-state index contributed by atoms with van der Waals surface area (Å²) >= 11 is 0. The Hall–Kier alpha value is -2.33. The molecule has 3 rings (SSSR count). The first-order chi connectivity index (χ1) is 12.7. The Morgan fingerprint density at radius 3 is 2.81 bits per heavy atom. The Labute approximate surface area is 154 Å². The maximum Gasteiger partial charge on any atom is 0.267 e. The fraction of sp³-hybridized carbons (Fsp3) is 0.450. The topological polar surface area (TPSA) is 123 Å². The van der Waals surface area contributed by atoms with E-state index < -0.39 is 0 Å². The number of fused-ring (bicyclic) bond motifs is 1. The molecule has 8 N–H and O–H groups in total. The molecule has 1 aromatic carbocycles. The largest absolute Gasteiger partial charge is 0.350 e. The van der Waals surface area contributed by atoms with Crippen LogP contribution in [0.5, 0.6) is 0 Å². The van der Waals surface area contributed by atoms with Gasteiger partial charge in [-0.1, -0.05) is 17.9 Å². The molecule has 0 aliphatic heterocycles. The van der Waals surface area contributed by atoms with Crippen LogP contribution >= 0.6 is 0 Å². The number of aromatic amines is 1. The molecule has 0 bridgehead atoms. The molecule has 26 heavy (non-hydrogen) atoms. The van der Waals surface area contributed by atoms with Gasteiger partial charge < -0.3 is 27.5 Å². The van der Waals surface area contributed by atoms with Gasteiger partial charge in [-0.05, 0) is 57.5 Å². The molecular formula is C20H29N5O. The molecule has 0 saturated heterocycles. The van der Waals surface area contributed by atoms with Gasteiger partial charge in [-0.25, -0.2) is 0 Å². The van der Waals surface area contributed by atoms with Gasteiger partial charge in [0.05, 0.1) is 0 Å². The van der Waals surface area contributed by atoms with E-state index in [2.05, 4.69) is 27.9 Å². The van der Waals surface area contributed by atoms with E-state index in [0.717, 1.165) is 29.3 Å². The Morgan fingerprint density at radius 1 is 1.35 bits per heavy atom. The van der Waals surface area contributed by atoms with Gasteiger partial charge in [0.25, 0.3) is 5.91 Å². The van der Waals surface area contributed by atoms with Crippen molar-refractivity contribution in [2.45, 2.75) is 31.7 Å². The van der Waals surface area contributed by atoms with E-state index in [1.165, 1.54) is 19.9 Å². The van der Waals surface area contributed by atoms with Crippen LogP contribution < -0.4 is 22.5 Å². The van der Waals surface area contributed by atoms with Gasteiger partial charge in [0.2, 0.25) is 0 Å². The number of nitrogens with one attached hydrogen (secondary N) is 2. The number of benzene rings is 1. The van der Waals surface area contributed by atoms with Crippen molar-refractivity contribution < 1.29 is 4.79 Å². The minimum absolute atomic E-state index is 0.0637. The molecule has 0 radical (unpaired) electrons. The zero-order valence-corrected chi connectivity index (χ0v) is 15.3. The standard InChI is InChI=1S/C19H24N4O.CH5N/c20-9-1-2-16(21)12-22-19(24)18-11-15-8-7-14(10-17(15)23-18)6-5-13-3-4-13;1-2/h7-8,10-11,13,16,23H,1-4,9,12,20-21H2,(H,22,24);2H2,1H3. The number of aromatic nitrogens is 1. The molecule has 1 heterocycles. The van der Waals surface area contributed by atoms with Gasteiger partial charge in [0, 0.05) is 35.0 Å². The molecule has 1 unspecified atom stereocenters. The summed E-state index contributed by atoms with van der Waals surface area (Å²) in [5.41, 5.74) is 18.4. The lowest BCUT2D eigenvalue weighted by atomic mass is 10.1. The van der Waals surface area contributed by atoms with Crippen molar-refractivity contribution in [3.05, 3.63) is 35.5 Å². The highest BCUT2D eigenvalue weighted by Crippen LogP contribution is 2.27. The van der Waals surface area contributed by atoms with Gasteiger partial charge in [-0.15, -0.1) is 0 Å². The van der Waals surface area contributed by atoms with Crippen molar-refractivity contribution in [1.82, 2.24) is 10.3 Å². The first kappa shape index (κ1) is 20.0. The summed E-state index contributed by atoms with van der Waals surface area (Å²) in [7, 11) is 1.50. The van der Waals surface area contributed by atoms with Crippen LogP contribution in [-0.4, -0.2) is 37.1 Å². The van der Waals surface area contributed by atoms with E-state index in [4.69, 9.17) is 11.5 Å². The normalized spacial score (nSPS) is 14.0. The van der Waals surface area contributed by atoms with Crippen molar-refractivity contribution in [2.24, 2.45) is 23.1 Å². The number of carbonyl (C=O) groups is 1. The van der Waals surface area contributed by atoms with Gasteiger partial charge in [-0.3, -0.25) is 4.79 Å². The van der Waals surface area contributed by atoms with Crippen LogP contribution in [0.2, 0.25) is 0 Å². The summed E-state index contributed by atoms with van der Waals surface area (Å²) in [4.78, 5) is 15.4. The quantitative estimate of drug-likeness (QED) is 0.501. The Bertz CT molecular complexity index is 782. The van der Waals surface area contributed by atoms with Gasteiger partial charge in [0.1, 0.15) is 5.69 Å². The molecule has 2 aromatic rings. The smallest absolute Gasteiger partial charge is 0.267 e. The summed E-state index contributed by atoms with van der Waals surface area (Å²) in [6.45, 7) is 1.07. The number of H-pyrrole nitrogens is 1. The second kappa shape index (κ2) is 9.97. The zero-order chi connectivity index (χ0) is 18.9. The molecule has 1 atom stereocenters. The highest BCUT2D eigenvalue weighted by molar-refractivity contribution is 5.98. The number of carbonyl (C=O) groups excluding carboxylic acids is 1. The Morgan fingerprint density at radius 2 is 2.12 bits per heavy atom. The molecule has 6 heteroatoms. The minimum Gasteiger partial charge on any atom is -0.350 e. The van der Waals surface area contributed by atoms with Crippen molar-refractivity contribution in [2.75, 3.05) is 20.1 Å². The maximum absolute atomic E-state index is 12.3. The predicted molar refractivity (Wildman–Crippen MR) is 107 cm³/mol. The molecule has 1 saturated carbocycles. The molecule has 140 valence electrons. The van der Waals surface area contributed by atoms with Crippen molar-refractivity contribution in [3.63, 3.8) is 0 Å². The zero-order valence-electron chi connectivity index (χ0n) is 15.3. The van der Waals surface area contributed by atoms with Gasteiger partial charge in [0.15, 0.2) is 0 Å². The van der Waals surface area contributed by atoms with E-state index in [1.807, 2.05) is 24.3 Å². The molecule has 6 nitrogen and oxygen atoms in total. The summed E-state index contributed by atoms with van der Waals surface area (Å²) in [6, 6.07) is 7.77. The fourth-order valence-electron chi connectivity index (χ4n) is 2.54. The number of nitrogens with two attached hydrogens (primary N) is 3. The second-order valence-electron chi connectivity index (χ2n) is 6.43. The first-order valence-electron chi connectivity index (χ1n) is 9.11. The SMILES string of the molecule is CN.NCCCC(N)CNC(=O)c1cc2ccc(C#CC3CC3)cc2[nH]1. The minimum atomic E-state index is -0.139. The van der Waals surface area contributed by atoms with Gasteiger partial charge >= 0.3 is 0 Å². The molecule has 1 aromatic heterocycles. The van der Waals surface area contributed by atoms with Crippen molar-refractivity contribution in [3.8, 4) is 11.8 Å². The van der Waals surface area contributed by atoms with E-state index in [-0.39, 0.29) is 11.9 Å². The first-order valence-corrected chi connectivity index (χ1v) is 9.11. The highest BCUT2D eigenvalue weighted by atomic mass is 16.1. The molecule has 1 aliphatic carbocycles. The average molecular weight is 355 g/mol.